The summed E-state index contributed by atoms with van der Waals surface area (Å²) in [6.07, 6.45) is 0.279. The van der Waals surface area contributed by atoms with Gasteiger partial charge in [-0.3, -0.25) is 9.59 Å². The van der Waals surface area contributed by atoms with Crippen LogP contribution >= 0.6 is 11.6 Å². The number of benzene rings is 2. The van der Waals surface area contributed by atoms with Crippen LogP contribution in [0.1, 0.15) is 27.9 Å². The lowest BCUT2D eigenvalue weighted by atomic mass is 9.77. The summed E-state index contributed by atoms with van der Waals surface area (Å²) in [6, 6.07) is 15.3. The first kappa shape index (κ1) is 18.0. The van der Waals surface area contributed by atoms with Crippen molar-refractivity contribution in [1.82, 2.24) is 10.2 Å². The summed E-state index contributed by atoms with van der Waals surface area (Å²) >= 11 is 6.25. The van der Waals surface area contributed by atoms with Crippen LogP contribution in [0.5, 0.6) is 0 Å². The van der Waals surface area contributed by atoms with Crippen LogP contribution in [0.15, 0.2) is 48.5 Å². The molecule has 2 heterocycles. The van der Waals surface area contributed by atoms with Crippen LogP contribution in [0, 0.1) is 6.92 Å². The second-order valence-corrected chi connectivity index (χ2v) is 7.58. The molecule has 0 aromatic heterocycles. The zero-order valence-electron chi connectivity index (χ0n) is 15.1. The molecule has 2 aliphatic rings. The summed E-state index contributed by atoms with van der Waals surface area (Å²) in [7, 11) is 0. The molecule has 2 aromatic carbocycles. The number of carbonyl (C=O) groups excluding carboxylic acids is 2. The minimum Gasteiger partial charge on any atom is -0.364 e. The molecule has 0 bridgehead atoms. The first-order valence-electron chi connectivity index (χ1n) is 9.03. The normalized spacial score (nSPS) is 24.9. The lowest BCUT2D eigenvalue weighted by Gasteiger charge is -2.50. The van der Waals surface area contributed by atoms with E-state index in [4.69, 9.17) is 16.3 Å². The first-order chi connectivity index (χ1) is 13.0. The number of ether oxygens (including phenoxy) is 1. The molecule has 0 aliphatic carbocycles. The summed E-state index contributed by atoms with van der Waals surface area (Å²) < 4.78 is 5.88. The Labute approximate surface area is 163 Å². The van der Waals surface area contributed by atoms with E-state index >= 15 is 0 Å². The Morgan fingerprint density at radius 3 is 2.81 bits per heavy atom. The molecule has 2 aliphatic heterocycles. The summed E-state index contributed by atoms with van der Waals surface area (Å²) in [5.41, 5.74) is 1.89. The van der Waals surface area contributed by atoms with Crippen LogP contribution in [0.2, 0.25) is 5.02 Å². The summed E-state index contributed by atoms with van der Waals surface area (Å²) in [5, 5.41) is 3.59. The summed E-state index contributed by atoms with van der Waals surface area (Å²) in [5.74, 6) is -0.234. The zero-order chi connectivity index (χ0) is 19.0. The van der Waals surface area contributed by atoms with E-state index in [2.05, 4.69) is 5.32 Å². The van der Waals surface area contributed by atoms with Gasteiger partial charge in [0.25, 0.3) is 5.91 Å². The van der Waals surface area contributed by atoms with Crippen molar-refractivity contribution < 1.29 is 14.3 Å². The monoisotopic (exact) mass is 384 g/mol. The number of nitrogens with zero attached hydrogens (tertiary/aromatic N) is 1. The van der Waals surface area contributed by atoms with E-state index in [1.54, 1.807) is 11.0 Å². The van der Waals surface area contributed by atoms with Gasteiger partial charge in [-0.25, -0.2) is 0 Å². The molecule has 0 unspecified atom stereocenters. The van der Waals surface area contributed by atoms with Gasteiger partial charge in [-0.05, 0) is 31.0 Å². The lowest BCUT2D eigenvalue weighted by Crippen LogP contribution is -2.67. The van der Waals surface area contributed by atoms with Crippen molar-refractivity contribution in [3.05, 3.63) is 70.2 Å². The number of nitrogens with one attached hydrogen (secondary N) is 1. The zero-order valence-corrected chi connectivity index (χ0v) is 15.8. The van der Waals surface area contributed by atoms with Gasteiger partial charge in [0, 0.05) is 13.1 Å². The highest BCUT2D eigenvalue weighted by Crippen LogP contribution is 2.37. The summed E-state index contributed by atoms with van der Waals surface area (Å²) in [4.78, 5) is 26.9. The van der Waals surface area contributed by atoms with Crippen LogP contribution in [-0.4, -0.2) is 42.5 Å². The van der Waals surface area contributed by atoms with Crippen molar-refractivity contribution in [2.75, 3.05) is 19.7 Å². The molecule has 2 amide bonds. The Morgan fingerprint density at radius 2 is 2.04 bits per heavy atom. The molecule has 0 saturated carbocycles. The van der Waals surface area contributed by atoms with E-state index in [0.717, 1.165) is 11.1 Å². The number of morpholine rings is 1. The molecule has 140 valence electrons. The van der Waals surface area contributed by atoms with Gasteiger partial charge >= 0.3 is 0 Å². The number of hydrogen-bond acceptors (Lipinski definition) is 3. The molecule has 5 nitrogen and oxygen atoms in total. The minimum absolute atomic E-state index is 0.00643. The van der Waals surface area contributed by atoms with Crippen molar-refractivity contribution in [3.8, 4) is 0 Å². The lowest BCUT2D eigenvalue weighted by molar-refractivity contribution is -0.150. The third kappa shape index (κ3) is 3.22. The number of amides is 2. The fourth-order valence-corrected chi connectivity index (χ4v) is 4.21. The van der Waals surface area contributed by atoms with E-state index in [1.165, 1.54) is 0 Å². The maximum atomic E-state index is 13.1. The van der Waals surface area contributed by atoms with Gasteiger partial charge in [-0.2, -0.15) is 0 Å². The van der Waals surface area contributed by atoms with E-state index in [0.29, 0.717) is 30.1 Å². The average Bonchev–Trinajstić information content (AvgIpc) is 2.69. The summed E-state index contributed by atoms with van der Waals surface area (Å²) in [6.45, 7) is 2.85. The Kier molecular flexibility index (Phi) is 4.66. The molecular formula is C21H21ClN2O3. The highest BCUT2D eigenvalue weighted by atomic mass is 35.5. The molecule has 0 spiro atoms. The van der Waals surface area contributed by atoms with Gasteiger partial charge in [0.15, 0.2) is 0 Å². The molecule has 4 rings (SSSR count). The molecule has 2 aromatic rings. The topological polar surface area (TPSA) is 58.6 Å². The highest BCUT2D eigenvalue weighted by molar-refractivity contribution is 6.33. The largest absolute Gasteiger partial charge is 0.364 e. The van der Waals surface area contributed by atoms with Crippen molar-refractivity contribution in [2.45, 2.75) is 25.0 Å². The maximum absolute atomic E-state index is 13.1. The first-order valence-corrected chi connectivity index (χ1v) is 9.41. The van der Waals surface area contributed by atoms with Crippen molar-refractivity contribution in [2.24, 2.45) is 0 Å². The van der Waals surface area contributed by atoms with Crippen LogP contribution in [0.3, 0.4) is 0 Å². The third-order valence-corrected chi connectivity index (χ3v) is 5.75. The number of likely N-dealkylation sites (tertiary alicyclic amines) is 1. The van der Waals surface area contributed by atoms with Gasteiger partial charge in [-0.15, -0.1) is 0 Å². The predicted molar refractivity (Wildman–Crippen MR) is 103 cm³/mol. The van der Waals surface area contributed by atoms with Crippen LogP contribution < -0.4 is 5.32 Å². The highest BCUT2D eigenvalue weighted by Gasteiger charge is 2.49. The SMILES string of the molecule is Cc1ccc(Cl)c(C(=O)N2CC[C@@]3(c4ccccc4)NC(=O)CO[C@@H]3C2)c1. The molecule has 6 heteroatoms. The van der Waals surface area contributed by atoms with E-state index in [1.807, 2.05) is 49.4 Å². The Bertz CT molecular complexity index is 886. The van der Waals surface area contributed by atoms with Crippen molar-refractivity contribution >= 4 is 23.4 Å². The number of piperidine rings is 1. The molecule has 0 radical (unpaired) electrons. The quantitative estimate of drug-likeness (QED) is 0.866. The number of rotatable bonds is 2. The Hall–Kier alpha value is -2.37. The molecule has 2 saturated heterocycles. The van der Waals surface area contributed by atoms with E-state index in [9.17, 15) is 9.59 Å². The van der Waals surface area contributed by atoms with Gasteiger partial charge in [-0.1, -0.05) is 53.6 Å². The molecular weight excluding hydrogens is 364 g/mol. The minimum atomic E-state index is -0.607. The number of aryl methyl sites for hydroxylation is 1. The van der Waals surface area contributed by atoms with Gasteiger partial charge in [0.1, 0.15) is 12.7 Å². The second kappa shape index (κ2) is 6.98. The number of carbonyl (C=O) groups is 2. The van der Waals surface area contributed by atoms with Crippen LogP contribution in [0.25, 0.3) is 0 Å². The number of fused-ring (bicyclic) bond motifs is 1. The Balaban J connectivity index is 1.63. The molecule has 1 N–H and O–H groups in total. The van der Waals surface area contributed by atoms with Crippen molar-refractivity contribution in [3.63, 3.8) is 0 Å². The van der Waals surface area contributed by atoms with Crippen LogP contribution in [-0.2, 0) is 15.1 Å². The van der Waals surface area contributed by atoms with Gasteiger partial charge in [0.05, 0.1) is 16.1 Å². The molecule has 27 heavy (non-hydrogen) atoms. The third-order valence-electron chi connectivity index (χ3n) is 5.42. The molecule has 2 atom stereocenters. The fourth-order valence-electron chi connectivity index (χ4n) is 4.01. The standard InChI is InChI=1S/C21H21ClN2O3/c1-14-7-8-17(22)16(11-14)20(26)24-10-9-21(15-5-3-2-4-6-15)18(12-24)27-13-19(25)23-21/h2-8,11,18H,9-10,12-13H2,1H3,(H,23,25)/t18-,21+/m1/s1. The number of halogens is 1. The Morgan fingerprint density at radius 1 is 1.26 bits per heavy atom. The maximum Gasteiger partial charge on any atom is 0.255 e. The average molecular weight is 385 g/mol. The van der Waals surface area contributed by atoms with Gasteiger partial charge in [0.2, 0.25) is 5.91 Å². The van der Waals surface area contributed by atoms with Gasteiger partial charge < -0.3 is 15.0 Å². The van der Waals surface area contributed by atoms with E-state index < -0.39 is 5.54 Å². The van der Waals surface area contributed by atoms with Crippen molar-refractivity contribution in [1.29, 1.82) is 0 Å². The predicted octanol–water partition coefficient (Wildman–Crippen LogP) is 2.90. The molecule has 2 fully saturated rings. The number of hydrogen-bond donors (Lipinski definition) is 1. The fraction of sp³-hybridized carbons (Fsp3) is 0.333. The van der Waals surface area contributed by atoms with Crippen LogP contribution in [0.4, 0.5) is 0 Å². The van der Waals surface area contributed by atoms with E-state index in [-0.39, 0.29) is 24.5 Å². The second-order valence-electron chi connectivity index (χ2n) is 7.17. The smallest absolute Gasteiger partial charge is 0.255 e.